The third-order valence-corrected chi connectivity index (χ3v) is 2.50. The Hall–Kier alpha value is -0.560. The first-order chi connectivity index (χ1) is 5.88. The highest BCUT2D eigenvalue weighted by Crippen LogP contribution is 2.23. The highest BCUT2D eigenvalue weighted by Gasteiger charge is 2.09. The van der Waals surface area contributed by atoms with Gasteiger partial charge in [-0.2, -0.15) is 0 Å². The predicted octanol–water partition coefficient (Wildman–Crippen LogP) is 2.64. The van der Waals surface area contributed by atoms with Crippen molar-refractivity contribution in [1.82, 2.24) is 0 Å². The number of nitrogens with two attached hydrogens (primary N) is 1. The molecule has 12 heavy (non-hydrogen) atoms. The van der Waals surface area contributed by atoms with Gasteiger partial charge in [-0.25, -0.2) is 0 Å². The molecule has 0 heterocycles. The summed E-state index contributed by atoms with van der Waals surface area (Å²) in [6, 6.07) is 0. The molecule has 0 aromatic rings. The second-order valence-electron chi connectivity index (χ2n) is 3.37. The van der Waals surface area contributed by atoms with Crippen LogP contribution in [0.25, 0.3) is 0 Å². The molecule has 0 saturated heterocycles. The summed E-state index contributed by atoms with van der Waals surface area (Å²) in [5.41, 5.74) is 7.07. The molecule has 1 nitrogen and oxygen atoms in total. The Kier molecular flexibility index (Phi) is 4.09. The zero-order chi connectivity index (χ0) is 8.81. The zero-order valence-electron chi connectivity index (χ0n) is 7.92. The Balaban J connectivity index is 2.52. The van der Waals surface area contributed by atoms with Gasteiger partial charge in [0.05, 0.1) is 0 Å². The molecule has 0 spiro atoms. The summed E-state index contributed by atoms with van der Waals surface area (Å²) in [4.78, 5) is 0. The topological polar surface area (TPSA) is 26.0 Å². The van der Waals surface area contributed by atoms with Crippen molar-refractivity contribution < 1.29 is 0 Å². The van der Waals surface area contributed by atoms with Crippen LogP contribution in [-0.4, -0.2) is 6.54 Å². The summed E-state index contributed by atoms with van der Waals surface area (Å²) in [6.07, 6.45) is 11.7. The van der Waals surface area contributed by atoms with Crippen molar-refractivity contribution in [2.24, 2.45) is 11.7 Å². The molecule has 1 unspecified atom stereocenters. The molecule has 0 aromatic heterocycles. The van der Waals surface area contributed by atoms with Crippen LogP contribution in [0.15, 0.2) is 23.8 Å². The van der Waals surface area contributed by atoms with E-state index >= 15 is 0 Å². The fraction of sp³-hybridized carbons (Fsp3) is 0.636. The molecule has 1 aliphatic rings. The van der Waals surface area contributed by atoms with E-state index in [0.29, 0.717) is 5.92 Å². The largest absolute Gasteiger partial charge is 0.330 e. The molecule has 1 aliphatic carbocycles. The van der Waals surface area contributed by atoms with Crippen LogP contribution in [0.1, 0.15) is 32.6 Å². The molecule has 68 valence electrons. The first-order valence-corrected chi connectivity index (χ1v) is 4.95. The first-order valence-electron chi connectivity index (χ1n) is 4.95. The van der Waals surface area contributed by atoms with Gasteiger partial charge in [0.25, 0.3) is 0 Å². The van der Waals surface area contributed by atoms with Crippen LogP contribution >= 0.6 is 0 Å². The minimum Gasteiger partial charge on any atom is -0.330 e. The molecule has 1 heteroatoms. The minimum absolute atomic E-state index is 0.701. The van der Waals surface area contributed by atoms with E-state index in [1.807, 2.05) is 0 Å². The first kappa shape index (κ1) is 9.53. The SMILES string of the molecule is CCC(CCN)C1=CCCC=C1. The third-order valence-electron chi connectivity index (χ3n) is 2.50. The average molecular weight is 165 g/mol. The quantitative estimate of drug-likeness (QED) is 0.681. The lowest BCUT2D eigenvalue weighted by molar-refractivity contribution is 0.556. The van der Waals surface area contributed by atoms with Gasteiger partial charge in [0.15, 0.2) is 0 Å². The van der Waals surface area contributed by atoms with E-state index in [4.69, 9.17) is 5.73 Å². The highest BCUT2D eigenvalue weighted by atomic mass is 14.5. The fourth-order valence-corrected chi connectivity index (χ4v) is 1.74. The van der Waals surface area contributed by atoms with Crippen LogP contribution in [0.3, 0.4) is 0 Å². The van der Waals surface area contributed by atoms with Crippen molar-refractivity contribution in [3.05, 3.63) is 23.8 Å². The highest BCUT2D eigenvalue weighted by molar-refractivity contribution is 5.24. The van der Waals surface area contributed by atoms with Crippen LogP contribution in [0, 0.1) is 5.92 Å². The van der Waals surface area contributed by atoms with Crippen molar-refractivity contribution in [2.75, 3.05) is 6.54 Å². The monoisotopic (exact) mass is 165 g/mol. The van der Waals surface area contributed by atoms with Gasteiger partial charge in [-0.15, -0.1) is 0 Å². The molecule has 0 aromatic carbocycles. The second kappa shape index (κ2) is 5.15. The molecular weight excluding hydrogens is 146 g/mol. The third kappa shape index (κ3) is 2.49. The Labute approximate surface area is 75.3 Å². The summed E-state index contributed by atoms with van der Waals surface area (Å²) in [5, 5.41) is 0. The maximum Gasteiger partial charge on any atom is -0.00714 e. The van der Waals surface area contributed by atoms with E-state index in [1.54, 1.807) is 0 Å². The lowest BCUT2D eigenvalue weighted by Crippen LogP contribution is -2.10. The van der Waals surface area contributed by atoms with Crippen LogP contribution in [0.2, 0.25) is 0 Å². The molecule has 0 aliphatic heterocycles. The van der Waals surface area contributed by atoms with Crippen LogP contribution in [-0.2, 0) is 0 Å². The molecule has 0 fully saturated rings. The molecule has 0 saturated carbocycles. The second-order valence-corrected chi connectivity index (χ2v) is 3.37. The van der Waals surface area contributed by atoms with Crippen molar-refractivity contribution in [1.29, 1.82) is 0 Å². The van der Waals surface area contributed by atoms with Crippen molar-refractivity contribution in [2.45, 2.75) is 32.6 Å². The van der Waals surface area contributed by atoms with E-state index in [1.165, 1.54) is 24.8 Å². The Morgan fingerprint density at radius 3 is 2.83 bits per heavy atom. The van der Waals surface area contributed by atoms with Gasteiger partial charge >= 0.3 is 0 Å². The summed E-state index contributed by atoms with van der Waals surface area (Å²) < 4.78 is 0. The van der Waals surface area contributed by atoms with Gasteiger partial charge < -0.3 is 5.73 Å². The molecule has 0 amide bonds. The lowest BCUT2D eigenvalue weighted by Gasteiger charge is -2.17. The number of rotatable bonds is 4. The molecule has 0 bridgehead atoms. The number of allylic oxidation sites excluding steroid dienone is 4. The van der Waals surface area contributed by atoms with Gasteiger partial charge in [0, 0.05) is 0 Å². The van der Waals surface area contributed by atoms with Gasteiger partial charge in [-0.1, -0.05) is 25.2 Å². The summed E-state index contributed by atoms with van der Waals surface area (Å²) in [6.45, 7) is 3.05. The number of hydrogen-bond donors (Lipinski definition) is 1. The van der Waals surface area contributed by atoms with Gasteiger partial charge in [0.2, 0.25) is 0 Å². The maximum absolute atomic E-state index is 5.56. The molecule has 1 atom stereocenters. The van der Waals surface area contributed by atoms with E-state index in [-0.39, 0.29) is 0 Å². The van der Waals surface area contributed by atoms with Crippen molar-refractivity contribution in [3.63, 3.8) is 0 Å². The Morgan fingerprint density at radius 1 is 1.50 bits per heavy atom. The van der Waals surface area contributed by atoms with E-state index in [9.17, 15) is 0 Å². The predicted molar refractivity (Wildman–Crippen MR) is 53.9 cm³/mol. The van der Waals surface area contributed by atoms with Gasteiger partial charge in [0.1, 0.15) is 0 Å². The molecule has 0 radical (unpaired) electrons. The standard InChI is InChI=1S/C11H19N/c1-2-10(8-9-12)11-6-4-3-5-7-11/h4,6-7,10H,2-3,5,8-9,12H2,1H3. The van der Waals surface area contributed by atoms with Crippen molar-refractivity contribution in [3.8, 4) is 0 Å². The van der Waals surface area contributed by atoms with E-state index in [0.717, 1.165) is 13.0 Å². The Morgan fingerprint density at radius 2 is 2.33 bits per heavy atom. The van der Waals surface area contributed by atoms with Crippen LogP contribution in [0.4, 0.5) is 0 Å². The lowest BCUT2D eigenvalue weighted by atomic mass is 9.89. The Bertz CT molecular complexity index is 179. The van der Waals surface area contributed by atoms with E-state index < -0.39 is 0 Å². The molecule has 2 N–H and O–H groups in total. The van der Waals surface area contributed by atoms with E-state index in [2.05, 4.69) is 25.2 Å². The molecular formula is C11H19N. The van der Waals surface area contributed by atoms with Gasteiger partial charge in [-0.3, -0.25) is 0 Å². The number of hydrogen-bond acceptors (Lipinski definition) is 1. The van der Waals surface area contributed by atoms with Crippen molar-refractivity contribution >= 4 is 0 Å². The zero-order valence-corrected chi connectivity index (χ0v) is 7.92. The van der Waals surface area contributed by atoms with Crippen LogP contribution < -0.4 is 5.73 Å². The summed E-state index contributed by atoms with van der Waals surface area (Å²) in [7, 11) is 0. The van der Waals surface area contributed by atoms with Crippen LogP contribution in [0.5, 0.6) is 0 Å². The normalized spacial score (nSPS) is 19.0. The maximum atomic E-state index is 5.56. The summed E-state index contributed by atoms with van der Waals surface area (Å²) >= 11 is 0. The average Bonchev–Trinajstić information content (AvgIpc) is 2.15. The summed E-state index contributed by atoms with van der Waals surface area (Å²) in [5.74, 6) is 0.701. The molecule has 1 rings (SSSR count). The van der Waals surface area contributed by atoms with Gasteiger partial charge in [-0.05, 0) is 43.7 Å². The fourth-order valence-electron chi connectivity index (χ4n) is 1.74. The smallest absolute Gasteiger partial charge is 0.00714 e. The minimum atomic E-state index is 0.701.